The van der Waals surface area contributed by atoms with Gasteiger partial charge in [0, 0.05) is 35.8 Å². The van der Waals surface area contributed by atoms with Gasteiger partial charge < -0.3 is 14.4 Å². The van der Waals surface area contributed by atoms with Crippen molar-refractivity contribution in [2.24, 2.45) is 0 Å². The van der Waals surface area contributed by atoms with E-state index in [-0.39, 0.29) is 17.4 Å². The van der Waals surface area contributed by atoms with E-state index in [1.54, 1.807) is 41.5 Å². The number of halogens is 1. The van der Waals surface area contributed by atoms with Crippen LogP contribution in [0.3, 0.4) is 0 Å². The first kappa shape index (κ1) is 23.3. The lowest BCUT2D eigenvalue weighted by Gasteiger charge is -2.28. The number of nitrogens with zero attached hydrogens (tertiary/aromatic N) is 3. The fourth-order valence-electron chi connectivity index (χ4n) is 4.00. The molecule has 1 aliphatic rings. The zero-order valence-corrected chi connectivity index (χ0v) is 19.7. The van der Waals surface area contributed by atoms with Gasteiger partial charge in [0.15, 0.2) is 5.01 Å². The van der Waals surface area contributed by atoms with Gasteiger partial charge in [0.1, 0.15) is 29.1 Å². The molecule has 0 N–H and O–H groups in total. The molecule has 0 spiro atoms. The van der Waals surface area contributed by atoms with Crippen LogP contribution >= 0.6 is 11.3 Å². The van der Waals surface area contributed by atoms with Gasteiger partial charge in [-0.2, -0.15) is 0 Å². The van der Waals surface area contributed by atoms with E-state index in [1.807, 2.05) is 0 Å². The van der Waals surface area contributed by atoms with Crippen molar-refractivity contribution < 1.29 is 23.5 Å². The summed E-state index contributed by atoms with van der Waals surface area (Å²) < 4.78 is 24.4. The molecule has 2 aromatic carbocycles. The number of methoxy groups -OCH3 is 2. The number of ether oxygens (including phenoxy) is 2. The van der Waals surface area contributed by atoms with Crippen LogP contribution in [0.2, 0.25) is 0 Å². The number of hydrogen-bond donors (Lipinski definition) is 0. The topological polar surface area (TPSA) is 72.0 Å². The van der Waals surface area contributed by atoms with Crippen molar-refractivity contribution in [1.82, 2.24) is 4.98 Å². The molecule has 2 amide bonds. The van der Waals surface area contributed by atoms with E-state index < -0.39 is 11.9 Å². The average Bonchev–Trinajstić information content (AvgIpc) is 3.46. The van der Waals surface area contributed by atoms with Crippen LogP contribution in [0.1, 0.15) is 27.5 Å². The van der Waals surface area contributed by atoms with Crippen LogP contribution in [0.15, 0.2) is 41.8 Å². The Balaban J connectivity index is 1.78. The number of aryl methyl sites for hydroxylation is 1. The maximum Gasteiger partial charge on any atom is 0.278 e. The summed E-state index contributed by atoms with van der Waals surface area (Å²) in [5, 5.41) is 1.94. The van der Waals surface area contributed by atoms with E-state index in [9.17, 15) is 14.0 Å². The Labute approximate surface area is 200 Å². The molecule has 4 rings (SSSR count). The molecular formula is C25H22FN3O4S. The van der Waals surface area contributed by atoms with Crippen LogP contribution in [0.25, 0.3) is 0 Å². The third-order valence-corrected chi connectivity index (χ3v) is 6.39. The van der Waals surface area contributed by atoms with Gasteiger partial charge in [-0.15, -0.1) is 17.8 Å². The molecule has 1 atom stereocenters. The molecule has 34 heavy (non-hydrogen) atoms. The molecule has 1 saturated heterocycles. The molecule has 7 nitrogen and oxygen atoms in total. The van der Waals surface area contributed by atoms with Crippen LogP contribution < -0.4 is 19.3 Å². The van der Waals surface area contributed by atoms with Crippen molar-refractivity contribution in [2.75, 3.05) is 30.6 Å². The van der Waals surface area contributed by atoms with E-state index in [2.05, 4.69) is 10.9 Å². The highest BCUT2D eigenvalue weighted by Gasteiger charge is 2.41. The maximum atomic E-state index is 13.7. The number of carbonyl (C=O) groups excluding carboxylic acids is 2. The third-order valence-electron chi connectivity index (χ3n) is 5.62. The summed E-state index contributed by atoms with van der Waals surface area (Å²) in [6, 6.07) is 8.45. The summed E-state index contributed by atoms with van der Waals surface area (Å²) in [6.07, 6.45) is 5.80. The van der Waals surface area contributed by atoms with Crippen LogP contribution in [0.4, 0.5) is 15.8 Å². The molecule has 0 saturated carbocycles. The number of carbonyl (C=O) groups is 2. The molecule has 174 valence electrons. The minimum Gasteiger partial charge on any atom is -0.497 e. The van der Waals surface area contributed by atoms with Gasteiger partial charge in [0.25, 0.3) is 5.91 Å². The predicted octanol–water partition coefficient (Wildman–Crippen LogP) is 4.04. The Hall–Kier alpha value is -3.90. The lowest BCUT2D eigenvalue weighted by molar-refractivity contribution is -0.118. The van der Waals surface area contributed by atoms with Crippen LogP contribution in [-0.2, 0) is 4.79 Å². The molecule has 1 aliphatic heterocycles. The quantitative estimate of drug-likeness (QED) is 0.499. The van der Waals surface area contributed by atoms with Gasteiger partial charge >= 0.3 is 0 Å². The van der Waals surface area contributed by atoms with Gasteiger partial charge in [-0.3, -0.25) is 14.5 Å². The highest BCUT2D eigenvalue weighted by Crippen LogP contribution is 2.35. The number of aromatic nitrogens is 1. The maximum absolute atomic E-state index is 13.7. The fraction of sp³-hybridized carbons (Fsp3) is 0.240. The van der Waals surface area contributed by atoms with E-state index in [4.69, 9.17) is 15.9 Å². The van der Waals surface area contributed by atoms with Gasteiger partial charge in [0.05, 0.1) is 19.9 Å². The Morgan fingerprint density at radius 1 is 1.24 bits per heavy atom. The standard InChI is InChI=1S/C25H22FN3O4S/c1-5-23-27-20(14-34-23)24(30)29(17-11-18(32-3)13-19(12-17)33-4)22-8-9-28(25(22)31)21-7-6-16(26)10-15(21)2/h1,6-7,10-14,22H,8-9H2,2-4H3. The van der Waals surface area contributed by atoms with Gasteiger partial charge in [-0.1, -0.05) is 0 Å². The zero-order valence-electron chi connectivity index (χ0n) is 18.9. The number of anilines is 2. The number of thiazole rings is 1. The number of terminal acetylenes is 1. The molecule has 0 bridgehead atoms. The second kappa shape index (κ2) is 9.53. The van der Waals surface area contributed by atoms with Crippen molar-refractivity contribution in [3.63, 3.8) is 0 Å². The molecule has 0 aliphatic carbocycles. The minimum absolute atomic E-state index is 0.143. The molecule has 3 aromatic rings. The van der Waals surface area contributed by atoms with Crippen molar-refractivity contribution in [3.8, 4) is 23.8 Å². The van der Waals surface area contributed by atoms with Crippen LogP contribution in [0, 0.1) is 25.1 Å². The van der Waals surface area contributed by atoms with E-state index in [1.165, 1.54) is 42.6 Å². The minimum atomic E-state index is -0.815. The second-order valence-corrected chi connectivity index (χ2v) is 8.51. The summed E-state index contributed by atoms with van der Waals surface area (Å²) in [4.78, 5) is 34.4. The predicted molar refractivity (Wildman–Crippen MR) is 128 cm³/mol. The number of hydrogen-bond acceptors (Lipinski definition) is 6. The molecule has 1 aromatic heterocycles. The number of benzene rings is 2. The van der Waals surface area contributed by atoms with Gasteiger partial charge in [0.2, 0.25) is 5.91 Å². The van der Waals surface area contributed by atoms with Crippen molar-refractivity contribution in [1.29, 1.82) is 0 Å². The van der Waals surface area contributed by atoms with Crippen LogP contribution in [-0.4, -0.2) is 43.6 Å². The smallest absolute Gasteiger partial charge is 0.278 e. The van der Waals surface area contributed by atoms with E-state index in [0.717, 1.165) is 0 Å². The Bertz CT molecular complexity index is 1280. The number of amides is 2. The molecule has 2 heterocycles. The van der Waals surface area contributed by atoms with Crippen molar-refractivity contribution >= 4 is 34.5 Å². The highest BCUT2D eigenvalue weighted by molar-refractivity contribution is 7.10. The fourth-order valence-corrected chi connectivity index (χ4v) is 4.59. The summed E-state index contributed by atoms with van der Waals surface area (Å²) in [5.41, 5.74) is 1.80. The first-order chi connectivity index (χ1) is 16.4. The Morgan fingerprint density at radius 3 is 2.53 bits per heavy atom. The summed E-state index contributed by atoms with van der Waals surface area (Å²) in [6.45, 7) is 2.11. The Morgan fingerprint density at radius 2 is 1.94 bits per heavy atom. The SMILES string of the molecule is C#Cc1nc(C(=O)N(c2cc(OC)cc(OC)c2)C2CCN(c3ccc(F)cc3C)C2=O)cs1. The molecule has 0 radical (unpaired) electrons. The van der Waals surface area contributed by atoms with Crippen LogP contribution in [0.5, 0.6) is 11.5 Å². The average molecular weight is 480 g/mol. The summed E-state index contributed by atoms with van der Waals surface area (Å²) in [7, 11) is 3.01. The molecule has 1 unspecified atom stereocenters. The molecule has 9 heteroatoms. The summed E-state index contributed by atoms with van der Waals surface area (Å²) >= 11 is 1.17. The van der Waals surface area contributed by atoms with Gasteiger partial charge in [-0.25, -0.2) is 9.37 Å². The normalized spacial score (nSPS) is 15.2. The van der Waals surface area contributed by atoms with Gasteiger partial charge in [-0.05, 0) is 43.0 Å². The summed E-state index contributed by atoms with van der Waals surface area (Å²) in [5.74, 6) is 2.23. The monoisotopic (exact) mass is 479 g/mol. The third kappa shape index (κ3) is 4.32. The lowest BCUT2D eigenvalue weighted by Crippen LogP contribution is -2.46. The first-order valence-electron chi connectivity index (χ1n) is 10.4. The number of rotatable bonds is 6. The Kier molecular flexibility index (Phi) is 6.52. The largest absolute Gasteiger partial charge is 0.497 e. The highest BCUT2D eigenvalue weighted by atomic mass is 32.1. The molecular weight excluding hydrogens is 457 g/mol. The second-order valence-electron chi connectivity index (χ2n) is 7.65. The first-order valence-corrected chi connectivity index (χ1v) is 11.3. The lowest BCUT2D eigenvalue weighted by atomic mass is 10.1. The zero-order chi connectivity index (χ0) is 24.4. The van der Waals surface area contributed by atoms with E-state index >= 15 is 0 Å². The van der Waals surface area contributed by atoms with E-state index in [0.29, 0.717) is 46.4 Å². The van der Waals surface area contributed by atoms with Crippen molar-refractivity contribution in [2.45, 2.75) is 19.4 Å². The van der Waals surface area contributed by atoms with Crippen molar-refractivity contribution in [3.05, 3.63) is 63.9 Å². The molecule has 1 fully saturated rings.